The second kappa shape index (κ2) is 11.4. The fourth-order valence-electron chi connectivity index (χ4n) is 1.74. The van der Waals surface area contributed by atoms with Crippen LogP contribution in [0.3, 0.4) is 0 Å². The Hall–Kier alpha value is -1.30. The van der Waals surface area contributed by atoms with Gasteiger partial charge in [0.25, 0.3) is 0 Å². The third-order valence-electron chi connectivity index (χ3n) is 2.94. The van der Waals surface area contributed by atoms with E-state index in [2.05, 4.69) is 5.32 Å². The predicted molar refractivity (Wildman–Crippen MR) is 87.1 cm³/mol. The average molecular weight is 317 g/mol. The van der Waals surface area contributed by atoms with Gasteiger partial charge in [-0.25, -0.2) is 0 Å². The first kappa shape index (κ1) is 19.7. The summed E-state index contributed by atoms with van der Waals surface area (Å²) < 4.78 is 10.4. The molecule has 0 spiro atoms. The van der Waals surface area contributed by atoms with Gasteiger partial charge in [0.05, 0.1) is 0 Å². The zero-order valence-corrected chi connectivity index (χ0v) is 13.4. The summed E-state index contributed by atoms with van der Waals surface area (Å²) >= 11 is 0. The maximum absolute atomic E-state index is 12.0. The van der Waals surface area contributed by atoms with Gasteiger partial charge in [-0.3, -0.25) is 4.79 Å². The van der Waals surface area contributed by atoms with Gasteiger partial charge in [-0.05, 0) is 37.1 Å². The standard InChI is InChI=1S/C15H24N2O3.ClH/c1-12(4-3-10-19-2)15(18)17-13-5-7-14(8-6-13)20-11-9-16;/h5-8,12H,3-4,9-11,16H2,1-2H3,(H,17,18);1H. The molecule has 1 rings (SSSR count). The van der Waals surface area contributed by atoms with Crippen LogP contribution in [-0.4, -0.2) is 32.8 Å². The van der Waals surface area contributed by atoms with Crippen molar-refractivity contribution in [3.8, 4) is 5.75 Å². The molecule has 0 fully saturated rings. The van der Waals surface area contributed by atoms with Gasteiger partial charge in [0.2, 0.25) is 5.91 Å². The molecule has 0 aliphatic rings. The van der Waals surface area contributed by atoms with Crippen LogP contribution < -0.4 is 15.8 Å². The van der Waals surface area contributed by atoms with E-state index in [4.69, 9.17) is 15.2 Å². The lowest BCUT2D eigenvalue weighted by atomic mass is 10.1. The normalized spacial score (nSPS) is 11.4. The monoisotopic (exact) mass is 316 g/mol. The Kier molecular flexibility index (Phi) is 10.7. The molecule has 0 aliphatic carbocycles. The maximum Gasteiger partial charge on any atom is 0.227 e. The highest BCUT2D eigenvalue weighted by molar-refractivity contribution is 5.92. The average Bonchev–Trinajstić information content (AvgIpc) is 2.46. The molecule has 0 saturated heterocycles. The largest absolute Gasteiger partial charge is 0.492 e. The lowest BCUT2D eigenvalue weighted by molar-refractivity contribution is -0.119. The van der Waals surface area contributed by atoms with Crippen molar-refractivity contribution in [1.82, 2.24) is 0 Å². The van der Waals surface area contributed by atoms with Gasteiger partial charge in [0, 0.05) is 31.9 Å². The molecule has 1 aromatic carbocycles. The number of methoxy groups -OCH3 is 1. The summed E-state index contributed by atoms with van der Waals surface area (Å²) in [6.07, 6.45) is 1.70. The van der Waals surface area contributed by atoms with E-state index in [9.17, 15) is 4.79 Å². The topological polar surface area (TPSA) is 73.6 Å². The molecule has 120 valence electrons. The fraction of sp³-hybridized carbons (Fsp3) is 0.533. The molecule has 0 aliphatic heterocycles. The van der Waals surface area contributed by atoms with E-state index in [0.717, 1.165) is 24.3 Å². The first-order chi connectivity index (χ1) is 9.67. The molecule has 3 N–H and O–H groups in total. The molecule has 0 bridgehead atoms. The molecule has 0 saturated carbocycles. The van der Waals surface area contributed by atoms with E-state index >= 15 is 0 Å². The first-order valence-electron chi connectivity index (χ1n) is 6.90. The predicted octanol–water partition coefficient (Wildman–Crippen LogP) is 2.45. The number of halogens is 1. The minimum absolute atomic E-state index is 0. The van der Waals surface area contributed by atoms with Crippen molar-refractivity contribution in [3.63, 3.8) is 0 Å². The van der Waals surface area contributed by atoms with Crippen molar-refractivity contribution in [2.45, 2.75) is 19.8 Å². The Morgan fingerprint density at radius 3 is 2.52 bits per heavy atom. The van der Waals surface area contributed by atoms with Crippen molar-refractivity contribution in [2.75, 3.05) is 32.2 Å². The summed E-state index contributed by atoms with van der Waals surface area (Å²) in [7, 11) is 1.67. The molecular formula is C15H25ClN2O3. The molecular weight excluding hydrogens is 292 g/mol. The Labute approximate surface area is 132 Å². The van der Waals surface area contributed by atoms with Crippen LogP contribution in [0.5, 0.6) is 5.75 Å². The van der Waals surface area contributed by atoms with Gasteiger partial charge < -0.3 is 20.5 Å². The Bertz CT molecular complexity index is 398. The number of carbonyl (C=O) groups is 1. The minimum Gasteiger partial charge on any atom is -0.492 e. The van der Waals surface area contributed by atoms with Gasteiger partial charge in [-0.15, -0.1) is 12.4 Å². The van der Waals surface area contributed by atoms with Crippen LogP contribution in [0.1, 0.15) is 19.8 Å². The molecule has 0 aromatic heterocycles. The SMILES string of the molecule is COCCCC(C)C(=O)Nc1ccc(OCCN)cc1.Cl. The van der Waals surface area contributed by atoms with Gasteiger partial charge in [-0.1, -0.05) is 6.92 Å². The number of nitrogens with two attached hydrogens (primary N) is 1. The van der Waals surface area contributed by atoms with Gasteiger partial charge >= 0.3 is 0 Å². The second-order valence-corrected chi connectivity index (χ2v) is 4.69. The van der Waals surface area contributed by atoms with Gasteiger partial charge in [0.1, 0.15) is 12.4 Å². The lowest BCUT2D eigenvalue weighted by Crippen LogP contribution is -2.20. The molecule has 5 nitrogen and oxygen atoms in total. The molecule has 1 atom stereocenters. The van der Waals surface area contributed by atoms with E-state index in [1.54, 1.807) is 7.11 Å². The summed E-state index contributed by atoms with van der Waals surface area (Å²) in [6.45, 7) is 3.58. The summed E-state index contributed by atoms with van der Waals surface area (Å²) in [6, 6.07) is 7.29. The van der Waals surface area contributed by atoms with E-state index in [-0.39, 0.29) is 24.2 Å². The lowest BCUT2D eigenvalue weighted by Gasteiger charge is -2.12. The molecule has 0 heterocycles. The van der Waals surface area contributed by atoms with Gasteiger partial charge in [-0.2, -0.15) is 0 Å². The highest BCUT2D eigenvalue weighted by Crippen LogP contribution is 2.17. The Morgan fingerprint density at radius 2 is 1.95 bits per heavy atom. The fourth-order valence-corrected chi connectivity index (χ4v) is 1.74. The van der Waals surface area contributed by atoms with E-state index < -0.39 is 0 Å². The number of ether oxygens (including phenoxy) is 2. The van der Waals surface area contributed by atoms with Crippen LogP contribution in [0.2, 0.25) is 0 Å². The summed E-state index contributed by atoms with van der Waals surface area (Å²) in [5, 5.41) is 2.89. The summed E-state index contributed by atoms with van der Waals surface area (Å²) in [4.78, 5) is 12.0. The number of hydrogen-bond acceptors (Lipinski definition) is 4. The minimum atomic E-state index is -0.0293. The van der Waals surface area contributed by atoms with Gasteiger partial charge in [0.15, 0.2) is 0 Å². The maximum atomic E-state index is 12.0. The number of carbonyl (C=O) groups excluding carboxylic acids is 1. The van der Waals surface area contributed by atoms with Crippen molar-refractivity contribution in [2.24, 2.45) is 11.7 Å². The highest BCUT2D eigenvalue weighted by atomic mass is 35.5. The van der Waals surface area contributed by atoms with Crippen LogP contribution in [0, 0.1) is 5.92 Å². The number of nitrogens with one attached hydrogen (secondary N) is 1. The zero-order chi connectivity index (χ0) is 14.8. The van der Waals surface area contributed by atoms with Crippen molar-refractivity contribution >= 4 is 24.0 Å². The third-order valence-corrected chi connectivity index (χ3v) is 2.94. The number of hydrogen-bond donors (Lipinski definition) is 2. The first-order valence-corrected chi connectivity index (χ1v) is 6.90. The third kappa shape index (κ3) is 7.90. The van der Waals surface area contributed by atoms with Crippen LogP contribution in [0.15, 0.2) is 24.3 Å². The highest BCUT2D eigenvalue weighted by Gasteiger charge is 2.12. The molecule has 1 amide bonds. The van der Waals surface area contributed by atoms with Crippen molar-refractivity contribution < 1.29 is 14.3 Å². The van der Waals surface area contributed by atoms with E-state index in [1.165, 1.54) is 0 Å². The smallest absolute Gasteiger partial charge is 0.227 e. The van der Waals surface area contributed by atoms with Crippen LogP contribution in [0.25, 0.3) is 0 Å². The Balaban J connectivity index is 0.00000400. The molecule has 1 unspecified atom stereocenters. The van der Waals surface area contributed by atoms with Crippen molar-refractivity contribution in [3.05, 3.63) is 24.3 Å². The van der Waals surface area contributed by atoms with Crippen molar-refractivity contribution in [1.29, 1.82) is 0 Å². The Morgan fingerprint density at radius 1 is 1.29 bits per heavy atom. The second-order valence-electron chi connectivity index (χ2n) is 4.69. The number of anilines is 1. The summed E-state index contributed by atoms with van der Waals surface area (Å²) in [5.41, 5.74) is 6.14. The van der Waals surface area contributed by atoms with Crippen LogP contribution in [0.4, 0.5) is 5.69 Å². The zero-order valence-electron chi connectivity index (χ0n) is 12.6. The molecule has 6 heteroatoms. The van der Waals surface area contributed by atoms with Crippen LogP contribution in [-0.2, 0) is 9.53 Å². The quantitative estimate of drug-likeness (QED) is 0.686. The van der Waals surface area contributed by atoms with Crippen LogP contribution >= 0.6 is 12.4 Å². The number of rotatable bonds is 9. The molecule has 1 aromatic rings. The van der Waals surface area contributed by atoms with E-state index in [0.29, 0.717) is 19.8 Å². The number of benzene rings is 1. The van der Waals surface area contributed by atoms with E-state index in [1.807, 2.05) is 31.2 Å². The summed E-state index contributed by atoms with van der Waals surface area (Å²) in [5.74, 6) is 0.747. The molecule has 21 heavy (non-hydrogen) atoms. The molecule has 0 radical (unpaired) electrons. The number of amides is 1.